The van der Waals surface area contributed by atoms with Gasteiger partial charge < -0.3 is 4.57 Å². The molecule has 0 saturated heterocycles. The van der Waals surface area contributed by atoms with Gasteiger partial charge in [-0.25, -0.2) is 9.97 Å². The third-order valence-electron chi connectivity index (χ3n) is 8.74. The van der Waals surface area contributed by atoms with E-state index in [1.54, 1.807) is 11.3 Å². The van der Waals surface area contributed by atoms with Gasteiger partial charge in [-0.3, -0.25) is 4.57 Å². The third kappa shape index (κ3) is 3.53. The number of hydrogen-bond donors (Lipinski definition) is 0. The maximum atomic E-state index is 9.22. The smallest absolute Gasteiger partial charge is 0.235 e. The molecular weight excluding hydrogens is 569 g/mol. The minimum atomic E-state index is -0.268. The highest BCUT2D eigenvalue weighted by Crippen LogP contribution is 2.40. The van der Waals surface area contributed by atoms with Gasteiger partial charge in [-0.05, 0) is 48.0 Å². The van der Waals surface area contributed by atoms with E-state index in [0.29, 0.717) is 22.8 Å². The van der Waals surface area contributed by atoms with Gasteiger partial charge in [0.1, 0.15) is 0 Å². The number of fused-ring (bicyclic) bond motifs is 9. The quantitative estimate of drug-likeness (QED) is 0.203. The normalized spacial score (nSPS) is 13.2. The molecule has 210 valence electrons. The SMILES string of the molecule is [2H]c1c([2H])c([2H])c(-n2c3ccccc3c3ccccc32)c(-c2ccc3sc4cnc(-n5c6ccccc6c6ccccc65)nc4c3c2)c1[2H]. The molecule has 0 aliphatic rings. The van der Waals surface area contributed by atoms with Crippen molar-refractivity contribution in [1.29, 1.82) is 0 Å². The van der Waals surface area contributed by atoms with E-state index in [0.717, 1.165) is 63.9 Å². The van der Waals surface area contributed by atoms with E-state index >= 15 is 0 Å². The molecule has 0 atom stereocenters. The zero-order valence-electron chi connectivity index (χ0n) is 27.7. The molecule has 0 aliphatic heterocycles. The highest BCUT2D eigenvalue weighted by Gasteiger charge is 2.18. The fourth-order valence-electron chi connectivity index (χ4n) is 6.80. The van der Waals surface area contributed by atoms with Crippen molar-refractivity contribution in [1.82, 2.24) is 19.1 Å². The number of aromatic nitrogens is 4. The maximum Gasteiger partial charge on any atom is 0.235 e. The van der Waals surface area contributed by atoms with Crippen LogP contribution in [0.5, 0.6) is 0 Å². The summed E-state index contributed by atoms with van der Waals surface area (Å²) in [4.78, 5) is 10.0. The predicted octanol–water partition coefficient (Wildman–Crippen LogP) is 10.7. The van der Waals surface area contributed by atoms with Crippen LogP contribution in [0, 0.1) is 0 Å². The highest BCUT2D eigenvalue weighted by molar-refractivity contribution is 7.25. The summed E-state index contributed by atoms with van der Waals surface area (Å²) >= 11 is 1.61. The molecule has 0 amide bonds. The number of benzene rings is 6. The van der Waals surface area contributed by atoms with Crippen LogP contribution in [0.4, 0.5) is 0 Å². The summed E-state index contributed by atoms with van der Waals surface area (Å²) in [5.41, 5.74) is 6.15. The van der Waals surface area contributed by atoms with Crippen LogP contribution in [0.25, 0.3) is 86.7 Å². The van der Waals surface area contributed by atoms with Gasteiger partial charge in [0.25, 0.3) is 0 Å². The molecule has 4 nitrogen and oxygen atoms in total. The molecule has 0 saturated carbocycles. The van der Waals surface area contributed by atoms with E-state index in [1.165, 1.54) is 0 Å². The topological polar surface area (TPSA) is 35.6 Å². The van der Waals surface area contributed by atoms with E-state index in [1.807, 2.05) is 89.6 Å². The number of hydrogen-bond acceptors (Lipinski definition) is 3. The Morgan fingerprint density at radius 1 is 0.556 bits per heavy atom. The Kier molecular flexibility index (Phi) is 4.37. The summed E-state index contributed by atoms with van der Waals surface area (Å²) < 4.78 is 41.9. The second-order valence-electron chi connectivity index (χ2n) is 11.2. The lowest BCUT2D eigenvalue weighted by Crippen LogP contribution is -2.00. The van der Waals surface area contributed by atoms with E-state index in [4.69, 9.17) is 12.7 Å². The van der Waals surface area contributed by atoms with Gasteiger partial charge in [0.15, 0.2) is 0 Å². The van der Waals surface area contributed by atoms with Crippen molar-refractivity contribution in [3.05, 3.63) is 146 Å². The summed E-state index contributed by atoms with van der Waals surface area (Å²) in [7, 11) is 0. The van der Waals surface area contributed by atoms with Gasteiger partial charge in [0.05, 0.1) is 49.7 Å². The van der Waals surface area contributed by atoms with Gasteiger partial charge in [-0.2, -0.15) is 0 Å². The molecule has 0 fully saturated rings. The molecule has 4 heterocycles. The second-order valence-corrected chi connectivity index (χ2v) is 12.2. The molecule has 0 unspecified atom stereocenters. The molecule has 0 aliphatic carbocycles. The maximum absolute atomic E-state index is 9.22. The van der Waals surface area contributed by atoms with E-state index < -0.39 is 0 Å². The second kappa shape index (κ2) is 9.36. The Hall–Kier alpha value is -5.78. The molecule has 6 aromatic carbocycles. The van der Waals surface area contributed by atoms with E-state index in [9.17, 15) is 2.74 Å². The van der Waals surface area contributed by atoms with Crippen LogP contribution < -0.4 is 0 Å². The molecule has 0 radical (unpaired) electrons. The largest absolute Gasteiger partial charge is 0.309 e. The van der Waals surface area contributed by atoms with Gasteiger partial charge in [0.2, 0.25) is 5.95 Å². The first-order valence-electron chi connectivity index (χ1n) is 16.8. The fraction of sp³-hybridized carbons (Fsp3) is 0. The molecule has 4 aromatic heterocycles. The lowest BCUT2D eigenvalue weighted by atomic mass is 10.0. The predicted molar refractivity (Wildman–Crippen MR) is 189 cm³/mol. The van der Waals surface area contributed by atoms with Gasteiger partial charge in [-0.15, -0.1) is 11.3 Å². The first-order chi connectivity index (χ1) is 24.0. The number of para-hydroxylation sites is 5. The highest BCUT2D eigenvalue weighted by atomic mass is 32.1. The lowest BCUT2D eigenvalue weighted by molar-refractivity contribution is 1.01. The third-order valence-corrected chi connectivity index (χ3v) is 9.83. The molecule has 10 aromatic rings. The zero-order chi connectivity index (χ0) is 33.0. The Morgan fingerprint density at radius 3 is 1.73 bits per heavy atom. The van der Waals surface area contributed by atoms with Crippen molar-refractivity contribution in [3.63, 3.8) is 0 Å². The standard InChI is InChI=1S/C40H24N4S/c1-6-16-32(43-33-17-7-2-12-27(33)28-13-3-8-18-34(28)43)26(11-1)25-21-22-37-31(23-25)39-38(45-37)24-41-40(42-39)44-35-19-9-4-14-29(35)30-15-5-10-20-36(30)44/h1-24H/i1D,6D,11D,16D. The Morgan fingerprint density at radius 2 is 1.11 bits per heavy atom. The average molecular weight is 597 g/mol. The summed E-state index contributed by atoms with van der Waals surface area (Å²) in [6.07, 6.45) is 1.88. The first kappa shape index (κ1) is 21.0. The van der Waals surface area contributed by atoms with Crippen molar-refractivity contribution in [2.75, 3.05) is 0 Å². The van der Waals surface area contributed by atoms with Crippen LogP contribution in [0.15, 0.2) is 146 Å². The zero-order valence-corrected chi connectivity index (χ0v) is 24.6. The molecule has 0 spiro atoms. The minimum Gasteiger partial charge on any atom is -0.309 e. The fourth-order valence-corrected chi connectivity index (χ4v) is 7.80. The first-order valence-corrected chi connectivity index (χ1v) is 15.6. The van der Waals surface area contributed by atoms with E-state index in [2.05, 4.69) is 41.0 Å². The average Bonchev–Trinajstić information content (AvgIpc) is 3.79. The van der Waals surface area contributed by atoms with E-state index in [-0.39, 0.29) is 24.2 Å². The molecule has 10 rings (SSSR count). The van der Waals surface area contributed by atoms with Crippen molar-refractivity contribution in [2.24, 2.45) is 0 Å². The Balaban J connectivity index is 1.26. The van der Waals surface area contributed by atoms with Crippen LogP contribution in [-0.2, 0) is 0 Å². The minimum absolute atomic E-state index is 0.0858. The number of rotatable bonds is 3. The molecular formula is C40H24N4S. The molecule has 0 bridgehead atoms. The Bertz CT molecular complexity index is 2900. The molecule has 5 heteroatoms. The van der Waals surface area contributed by atoms with Crippen LogP contribution in [0.3, 0.4) is 0 Å². The van der Waals surface area contributed by atoms with Gasteiger partial charge in [0, 0.05) is 37.2 Å². The monoisotopic (exact) mass is 596 g/mol. The summed E-state index contributed by atoms with van der Waals surface area (Å²) in [5, 5.41) is 5.21. The number of nitrogens with zero attached hydrogens (tertiary/aromatic N) is 4. The van der Waals surface area contributed by atoms with Crippen molar-refractivity contribution < 1.29 is 5.48 Å². The van der Waals surface area contributed by atoms with Crippen LogP contribution in [0.2, 0.25) is 0 Å². The van der Waals surface area contributed by atoms with Crippen LogP contribution in [0.1, 0.15) is 5.48 Å². The lowest BCUT2D eigenvalue weighted by Gasteiger charge is -2.14. The summed E-state index contributed by atoms with van der Waals surface area (Å²) in [6, 6.07) is 37.9. The summed E-state index contributed by atoms with van der Waals surface area (Å²) in [6.45, 7) is 0. The van der Waals surface area contributed by atoms with Crippen molar-refractivity contribution >= 4 is 75.3 Å². The molecule has 45 heavy (non-hydrogen) atoms. The van der Waals surface area contributed by atoms with Gasteiger partial charge >= 0.3 is 0 Å². The summed E-state index contributed by atoms with van der Waals surface area (Å²) in [5.74, 6) is 0.572. The van der Waals surface area contributed by atoms with Crippen LogP contribution >= 0.6 is 11.3 Å². The molecule has 0 N–H and O–H groups in total. The van der Waals surface area contributed by atoms with Crippen molar-refractivity contribution in [2.45, 2.75) is 0 Å². The number of thiophene rings is 1. The Labute approximate surface area is 267 Å². The van der Waals surface area contributed by atoms with Crippen LogP contribution in [-0.4, -0.2) is 19.1 Å². The van der Waals surface area contributed by atoms with Crippen molar-refractivity contribution in [3.8, 4) is 22.8 Å². The van der Waals surface area contributed by atoms with Gasteiger partial charge in [-0.1, -0.05) is 97.0 Å².